The van der Waals surface area contributed by atoms with Gasteiger partial charge in [0.2, 0.25) is 0 Å². The number of nitrogens with one attached hydrogen (secondary N) is 1. The second-order valence-electron chi connectivity index (χ2n) is 6.49. The molecule has 0 aliphatic rings. The van der Waals surface area contributed by atoms with E-state index in [2.05, 4.69) is 34.3 Å². The summed E-state index contributed by atoms with van der Waals surface area (Å²) in [6, 6.07) is 12.1. The quantitative estimate of drug-likeness (QED) is 0.840. The Morgan fingerprint density at radius 1 is 1.12 bits per heavy atom. The SMILES string of the molecule is CC[C@H](c1cccnc1)N(C)C(=O)NCc1ccccc1CN(C)C. The molecule has 0 saturated heterocycles. The van der Waals surface area contributed by atoms with Crippen LogP contribution in [0, 0.1) is 0 Å². The predicted molar refractivity (Wildman–Crippen MR) is 101 cm³/mol. The molecule has 2 rings (SSSR count). The van der Waals surface area contributed by atoms with Gasteiger partial charge in [-0.1, -0.05) is 37.3 Å². The van der Waals surface area contributed by atoms with E-state index in [-0.39, 0.29) is 12.1 Å². The first-order valence-electron chi connectivity index (χ1n) is 8.65. The molecular weight excluding hydrogens is 312 g/mol. The van der Waals surface area contributed by atoms with Crippen LogP contribution in [-0.4, -0.2) is 42.0 Å². The smallest absolute Gasteiger partial charge is 0.317 e. The van der Waals surface area contributed by atoms with Crippen molar-refractivity contribution < 1.29 is 4.79 Å². The lowest BCUT2D eigenvalue weighted by molar-refractivity contribution is 0.188. The highest BCUT2D eigenvalue weighted by atomic mass is 16.2. The number of urea groups is 1. The van der Waals surface area contributed by atoms with Gasteiger partial charge in [-0.15, -0.1) is 0 Å². The number of pyridine rings is 1. The molecule has 2 amide bonds. The third-order valence-corrected chi connectivity index (χ3v) is 4.28. The van der Waals surface area contributed by atoms with E-state index in [4.69, 9.17) is 0 Å². The lowest BCUT2D eigenvalue weighted by Crippen LogP contribution is -2.39. The molecule has 0 unspecified atom stereocenters. The Hall–Kier alpha value is -2.40. The van der Waals surface area contributed by atoms with Crippen LogP contribution >= 0.6 is 0 Å². The molecule has 0 aliphatic heterocycles. The van der Waals surface area contributed by atoms with Gasteiger partial charge >= 0.3 is 6.03 Å². The van der Waals surface area contributed by atoms with E-state index in [1.54, 1.807) is 11.1 Å². The molecule has 1 aromatic carbocycles. The number of carbonyl (C=O) groups excluding carboxylic acids is 1. The van der Waals surface area contributed by atoms with E-state index in [9.17, 15) is 4.79 Å². The van der Waals surface area contributed by atoms with Crippen LogP contribution in [0.2, 0.25) is 0 Å². The average Bonchev–Trinajstić information content (AvgIpc) is 2.61. The fourth-order valence-corrected chi connectivity index (χ4v) is 2.97. The highest BCUT2D eigenvalue weighted by Gasteiger charge is 2.20. The van der Waals surface area contributed by atoms with Crippen LogP contribution in [0.5, 0.6) is 0 Å². The Balaban J connectivity index is 2.02. The summed E-state index contributed by atoms with van der Waals surface area (Å²) < 4.78 is 0. The molecule has 0 bridgehead atoms. The summed E-state index contributed by atoms with van der Waals surface area (Å²) >= 11 is 0. The average molecular weight is 340 g/mol. The van der Waals surface area contributed by atoms with Crippen molar-refractivity contribution in [2.75, 3.05) is 21.1 Å². The largest absolute Gasteiger partial charge is 0.334 e. The Morgan fingerprint density at radius 2 is 1.84 bits per heavy atom. The molecule has 0 aliphatic carbocycles. The number of benzene rings is 1. The molecule has 0 radical (unpaired) electrons. The van der Waals surface area contributed by atoms with Gasteiger partial charge in [0.05, 0.1) is 6.04 Å². The maximum absolute atomic E-state index is 12.6. The summed E-state index contributed by atoms with van der Waals surface area (Å²) in [6.07, 6.45) is 4.41. The maximum Gasteiger partial charge on any atom is 0.317 e. The Labute approximate surface area is 150 Å². The van der Waals surface area contributed by atoms with E-state index in [1.807, 2.05) is 51.6 Å². The van der Waals surface area contributed by atoms with Crippen molar-refractivity contribution in [2.45, 2.75) is 32.5 Å². The molecule has 2 aromatic rings. The zero-order valence-electron chi connectivity index (χ0n) is 15.6. The normalized spacial score (nSPS) is 12.0. The minimum absolute atomic E-state index is 0.0192. The van der Waals surface area contributed by atoms with Gasteiger partial charge in [-0.25, -0.2) is 4.79 Å². The number of hydrogen-bond donors (Lipinski definition) is 1. The van der Waals surface area contributed by atoms with Crippen LogP contribution in [0.1, 0.15) is 36.1 Å². The lowest BCUT2D eigenvalue weighted by Gasteiger charge is -2.28. The number of rotatable bonds is 7. The Kier molecular flexibility index (Phi) is 6.95. The zero-order valence-corrected chi connectivity index (χ0v) is 15.6. The molecule has 25 heavy (non-hydrogen) atoms. The van der Waals surface area contributed by atoms with Crippen LogP contribution in [0.3, 0.4) is 0 Å². The summed E-state index contributed by atoms with van der Waals surface area (Å²) in [6.45, 7) is 3.46. The Morgan fingerprint density at radius 3 is 2.44 bits per heavy atom. The summed E-state index contributed by atoms with van der Waals surface area (Å²) in [5.41, 5.74) is 3.43. The van der Waals surface area contributed by atoms with E-state index < -0.39 is 0 Å². The van der Waals surface area contributed by atoms with Crippen LogP contribution in [0.4, 0.5) is 4.79 Å². The standard InChI is InChI=1S/C20H28N4O/c1-5-19(17-11-8-12-21-13-17)24(4)20(25)22-14-16-9-6-7-10-18(16)15-23(2)3/h6-13,19H,5,14-15H2,1-4H3,(H,22,25)/t19-/m1/s1. The van der Waals surface area contributed by atoms with Gasteiger partial charge in [0.25, 0.3) is 0 Å². The monoisotopic (exact) mass is 340 g/mol. The molecular formula is C20H28N4O. The first kappa shape index (κ1) is 18.9. The molecule has 5 heteroatoms. The van der Waals surface area contributed by atoms with Gasteiger partial charge < -0.3 is 15.1 Å². The summed E-state index contributed by atoms with van der Waals surface area (Å²) in [5.74, 6) is 0. The van der Waals surface area contributed by atoms with Crippen molar-refractivity contribution >= 4 is 6.03 Å². The van der Waals surface area contributed by atoms with Crippen LogP contribution in [-0.2, 0) is 13.1 Å². The third kappa shape index (κ3) is 5.29. The number of amides is 2. The third-order valence-electron chi connectivity index (χ3n) is 4.28. The fraction of sp³-hybridized carbons (Fsp3) is 0.400. The van der Waals surface area contributed by atoms with Gasteiger partial charge in [-0.05, 0) is 43.3 Å². The van der Waals surface area contributed by atoms with Gasteiger partial charge in [0.15, 0.2) is 0 Å². The van der Waals surface area contributed by atoms with Crippen molar-refractivity contribution in [1.82, 2.24) is 20.1 Å². The van der Waals surface area contributed by atoms with E-state index in [0.717, 1.165) is 24.1 Å². The molecule has 1 heterocycles. The topological polar surface area (TPSA) is 48.5 Å². The summed E-state index contributed by atoms with van der Waals surface area (Å²) in [4.78, 5) is 20.7. The van der Waals surface area contributed by atoms with Crippen molar-refractivity contribution in [3.63, 3.8) is 0 Å². The number of hydrogen-bond acceptors (Lipinski definition) is 3. The van der Waals surface area contributed by atoms with Crippen LogP contribution in [0.15, 0.2) is 48.8 Å². The number of aromatic nitrogens is 1. The number of nitrogens with zero attached hydrogens (tertiary/aromatic N) is 3. The Bertz CT molecular complexity index is 672. The molecule has 5 nitrogen and oxygen atoms in total. The predicted octanol–water partition coefficient (Wildman–Crippen LogP) is 3.44. The highest BCUT2D eigenvalue weighted by Crippen LogP contribution is 2.22. The molecule has 1 N–H and O–H groups in total. The molecule has 134 valence electrons. The van der Waals surface area contributed by atoms with E-state index in [0.29, 0.717) is 6.54 Å². The molecule has 0 fully saturated rings. The first-order chi connectivity index (χ1) is 12.0. The van der Waals surface area contributed by atoms with Crippen molar-refractivity contribution in [1.29, 1.82) is 0 Å². The summed E-state index contributed by atoms with van der Waals surface area (Å²) in [7, 11) is 5.92. The number of carbonyl (C=O) groups is 1. The maximum atomic E-state index is 12.6. The van der Waals surface area contributed by atoms with Crippen molar-refractivity contribution in [2.24, 2.45) is 0 Å². The minimum Gasteiger partial charge on any atom is -0.334 e. The van der Waals surface area contributed by atoms with Crippen LogP contribution in [0.25, 0.3) is 0 Å². The molecule has 0 saturated carbocycles. The fourth-order valence-electron chi connectivity index (χ4n) is 2.97. The van der Waals surface area contributed by atoms with E-state index >= 15 is 0 Å². The van der Waals surface area contributed by atoms with Gasteiger partial charge in [-0.2, -0.15) is 0 Å². The highest BCUT2D eigenvalue weighted by molar-refractivity contribution is 5.74. The second-order valence-corrected chi connectivity index (χ2v) is 6.49. The van der Waals surface area contributed by atoms with Crippen molar-refractivity contribution in [3.05, 3.63) is 65.5 Å². The molecule has 1 aromatic heterocycles. The lowest BCUT2D eigenvalue weighted by atomic mass is 10.1. The van der Waals surface area contributed by atoms with E-state index in [1.165, 1.54) is 5.56 Å². The van der Waals surface area contributed by atoms with Crippen LogP contribution < -0.4 is 5.32 Å². The minimum atomic E-state index is -0.0737. The first-order valence-corrected chi connectivity index (χ1v) is 8.65. The van der Waals surface area contributed by atoms with Gasteiger partial charge in [0.1, 0.15) is 0 Å². The second kappa shape index (κ2) is 9.18. The van der Waals surface area contributed by atoms with Gasteiger partial charge in [-0.3, -0.25) is 4.98 Å². The van der Waals surface area contributed by atoms with Gasteiger partial charge in [0, 0.05) is 32.5 Å². The zero-order chi connectivity index (χ0) is 18.2. The van der Waals surface area contributed by atoms with Crippen molar-refractivity contribution in [3.8, 4) is 0 Å². The molecule has 1 atom stereocenters. The summed E-state index contributed by atoms with van der Waals surface area (Å²) in [5, 5.41) is 3.04. The molecule has 0 spiro atoms.